The molecule has 0 fully saturated rings. The lowest BCUT2D eigenvalue weighted by Gasteiger charge is -2.18. The maximum absolute atomic E-state index is 13.3. The van der Waals surface area contributed by atoms with Gasteiger partial charge in [-0.25, -0.2) is 14.3 Å². The van der Waals surface area contributed by atoms with Crippen LogP contribution in [0.1, 0.15) is 47.7 Å². The zero-order valence-corrected chi connectivity index (χ0v) is 19.7. The molecule has 176 valence electrons. The normalized spacial score (nSPS) is 11.4. The summed E-state index contributed by atoms with van der Waals surface area (Å²) in [5.74, 6) is -0.176. The van der Waals surface area contributed by atoms with Gasteiger partial charge in [-0.2, -0.15) is 4.98 Å². The van der Waals surface area contributed by atoms with Crippen LogP contribution < -0.4 is 21.5 Å². The number of nitrogens with two attached hydrogens (primary N) is 1. The molecule has 1 amide bonds. The molecule has 0 saturated carbocycles. The van der Waals surface area contributed by atoms with E-state index in [1.807, 2.05) is 30.5 Å². The number of carbonyl (C=O) groups is 1. The van der Waals surface area contributed by atoms with Gasteiger partial charge in [0.25, 0.3) is 11.5 Å². The highest BCUT2D eigenvalue weighted by Gasteiger charge is 2.22. The second kappa shape index (κ2) is 9.54. The first-order chi connectivity index (χ1) is 16.3. The van der Waals surface area contributed by atoms with Gasteiger partial charge in [0, 0.05) is 25.6 Å². The van der Waals surface area contributed by atoms with E-state index in [2.05, 4.69) is 16.9 Å². The van der Waals surface area contributed by atoms with E-state index in [9.17, 15) is 14.4 Å². The summed E-state index contributed by atoms with van der Waals surface area (Å²) in [6, 6.07) is 7.39. The van der Waals surface area contributed by atoms with E-state index >= 15 is 0 Å². The lowest BCUT2D eigenvalue weighted by atomic mass is 10.1. The molecule has 9 heteroatoms. The van der Waals surface area contributed by atoms with Gasteiger partial charge in [0.05, 0.1) is 11.0 Å². The molecule has 0 aliphatic carbocycles. The van der Waals surface area contributed by atoms with E-state index in [1.54, 1.807) is 29.1 Å². The Hall–Kier alpha value is -3.88. The number of hydrogen-bond donors (Lipinski definition) is 1. The summed E-state index contributed by atoms with van der Waals surface area (Å²) < 4.78 is 4.90. The van der Waals surface area contributed by atoms with E-state index in [-0.39, 0.29) is 12.2 Å². The van der Waals surface area contributed by atoms with Gasteiger partial charge in [-0.05, 0) is 49.6 Å². The van der Waals surface area contributed by atoms with Crippen LogP contribution in [0.25, 0.3) is 22.6 Å². The Morgan fingerprint density at radius 2 is 1.79 bits per heavy atom. The number of aryl methyl sites for hydroxylation is 4. The smallest absolute Gasteiger partial charge is 0.352 e. The largest absolute Gasteiger partial charge is 0.365 e. The van der Waals surface area contributed by atoms with Gasteiger partial charge in [0.2, 0.25) is 0 Å². The molecule has 34 heavy (non-hydrogen) atoms. The molecule has 0 radical (unpaired) electrons. The maximum Gasteiger partial charge on any atom is 0.352 e. The Kier molecular flexibility index (Phi) is 6.54. The number of primary amides is 1. The van der Waals surface area contributed by atoms with E-state index in [0.29, 0.717) is 30.9 Å². The van der Waals surface area contributed by atoms with Crippen molar-refractivity contribution in [1.29, 1.82) is 0 Å². The third-order valence-corrected chi connectivity index (χ3v) is 6.14. The van der Waals surface area contributed by atoms with Crippen LogP contribution in [0, 0.1) is 13.8 Å². The van der Waals surface area contributed by atoms with E-state index in [4.69, 9.17) is 5.73 Å². The molecule has 2 N–H and O–H groups in total. The number of amides is 1. The van der Waals surface area contributed by atoms with E-state index in [1.165, 1.54) is 0 Å². The molecule has 1 aromatic carbocycles. The molecule has 3 heterocycles. The second-order valence-electron chi connectivity index (χ2n) is 8.61. The van der Waals surface area contributed by atoms with Gasteiger partial charge in [-0.3, -0.25) is 14.2 Å². The molecular weight excluding hydrogens is 432 g/mol. The molecule has 0 bridgehead atoms. The minimum absolute atomic E-state index is 0.190. The molecule has 9 nitrogen and oxygen atoms in total. The number of benzene rings is 1. The van der Waals surface area contributed by atoms with Crippen molar-refractivity contribution < 1.29 is 9.36 Å². The van der Waals surface area contributed by atoms with Crippen LogP contribution >= 0.6 is 0 Å². The van der Waals surface area contributed by atoms with E-state index < -0.39 is 17.2 Å². The van der Waals surface area contributed by atoms with Gasteiger partial charge in [0.15, 0.2) is 23.9 Å². The number of rotatable bonds is 8. The molecular formula is C25H29N6O3+. The van der Waals surface area contributed by atoms with Gasteiger partial charge >= 0.3 is 5.69 Å². The zero-order chi connectivity index (χ0) is 24.4. The zero-order valence-electron chi connectivity index (χ0n) is 19.7. The lowest BCUT2D eigenvalue weighted by Crippen LogP contribution is -2.40. The number of carbonyl (C=O) groups excluding carboxylic acids is 1. The van der Waals surface area contributed by atoms with Gasteiger partial charge < -0.3 is 10.3 Å². The first kappa shape index (κ1) is 23.3. The summed E-state index contributed by atoms with van der Waals surface area (Å²) in [6.45, 7) is 7.49. The van der Waals surface area contributed by atoms with Crippen molar-refractivity contribution in [3.05, 3.63) is 74.2 Å². The van der Waals surface area contributed by atoms with Crippen LogP contribution in [0.2, 0.25) is 0 Å². The van der Waals surface area contributed by atoms with Crippen LogP contribution in [-0.4, -0.2) is 25.0 Å². The van der Waals surface area contributed by atoms with Crippen molar-refractivity contribution in [1.82, 2.24) is 19.1 Å². The number of hydrogen-bond acceptors (Lipinski definition) is 5. The van der Waals surface area contributed by atoms with Crippen LogP contribution in [0.15, 0.2) is 46.2 Å². The van der Waals surface area contributed by atoms with Crippen molar-refractivity contribution in [2.75, 3.05) is 0 Å². The molecule has 2 aliphatic rings. The molecule has 4 rings (SSSR count). The predicted molar refractivity (Wildman–Crippen MR) is 129 cm³/mol. The van der Waals surface area contributed by atoms with Crippen molar-refractivity contribution in [3.63, 3.8) is 0 Å². The first-order valence-electron chi connectivity index (χ1n) is 11.5. The molecule has 0 saturated heterocycles. The highest BCUT2D eigenvalue weighted by atomic mass is 16.2. The van der Waals surface area contributed by atoms with Crippen LogP contribution in [0.3, 0.4) is 0 Å². The Labute approximate surface area is 196 Å². The minimum Gasteiger partial charge on any atom is -0.365 e. The van der Waals surface area contributed by atoms with Crippen molar-refractivity contribution in [3.8, 4) is 11.5 Å². The predicted octanol–water partition coefficient (Wildman–Crippen LogP) is 1.95. The summed E-state index contributed by atoms with van der Waals surface area (Å²) in [4.78, 5) is 46.5. The summed E-state index contributed by atoms with van der Waals surface area (Å²) in [7, 11) is 0. The summed E-state index contributed by atoms with van der Waals surface area (Å²) in [5.41, 5.74) is 8.72. The minimum atomic E-state index is -0.580. The van der Waals surface area contributed by atoms with Gasteiger partial charge in [-0.1, -0.05) is 13.3 Å². The number of fused-ring (bicyclic) bond motifs is 2. The topological polar surface area (TPSA) is 117 Å². The average Bonchev–Trinajstić information content (AvgIpc) is 2.81. The summed E-state index contributed by atoms with van der Waals surface area (Å²) in [5, 5.41) is 0. The molecule has 0 atom stereocenters. The SMILES string of the molecule is CCCCn1c2nc(=O)n(CCC[n+]3cccc(C(N)=O)c3)c(=O)c-2nc2cc(C)c(C)cc21. The fourth-order valence-corrected chi connectivity index (χ4v) is 4.08. The standard InChI is InChI=1S/C25H28N6O3/c1-4-5-11-30-20-14-17(3)16(2)13-19(20)27-21-23(30)28-25(34)31(24(21)33)12-7-10-29-9-6-8-18(15-29)22(26)32/h6,8-9,13-15H,4-5,7,10-12H2,1-3H3,(H-,26,32)/p+1. The Bertz CT molecular complexity index is 1470. The van der Waals surface area contributed by atoms with Crippen molar-refractivity contribution in [2.24, 2.45) is 5.73 Å². The molecule has 0 spiro atoms. The van der Waals surface area contributed by atoms with Crippen LogP contribution in [0.4, 0.5) is 0 Å². The highest BCUT2D eigenvalue weighted by Crippen LogP contribution is 2.24. The fraction of sp³-hybridized carbons (Fsp3) is 0.360. The van der Waals surface area contributed by atoms with Gasteiger partial charge in [0.1, 0.15) is 12.1 Å². The van der Waals surface area contributed by atoms with Crippen molar-refractivity contribution in [2.45, 2.75) is 59.7 Å². The summed E-state index contributed by atoms with van der Waals surface area (Å²) >= 11 is 0. The highest BCUT2D eigenvalue weighted by molar-refractivity contribution is 5.92. The third kappa shape index (κ3) is 4.46. The molecule has 1 aromatic heterocycles. The lowest BCUT2D eigenvalue weighted by molar-refractivity contribution is -0.697. The van der Waals surface area contributed by atoms with Crippen molar-refractivity contribution >= 4 is 16.9 Å². The fourth-order valence-electron chi connectivity index (χ4n) is 4.08. The number of nitrogens with zero attached hydrogens (tertiary/aromatic N) is 5. The Morgan fingerprint density at radius 3 is 2.53 bits per heavy atom. The number of unbranched alkanes of at least 4 members (excludes halogenated alkanes) is 1. The first-order valence-corrected chi connectivity index (χ1v) is 11.5. The Morgan fingerprint density at radius 1 is 1.06 bits per heavy atom. The second-order valence-corrected chi connectivity index (χ2v) is 8.61. The maximum atomic E-state index is 13.3. The molecule has 2 aliphatic heterocycles. The molecule has 0 unspecified atom stereocenters. The van der Waals surface area contributed by atoms with Crippen LogP contribution in [-0.2, 0) is 19.6 Å². The Balaban J connectivity index is 1.74. The molecule has 2 aromatic rings. The average molecular weight is 462 g/mol. The van der Waals surface area contributed by atoms with Gasteiger partial charge in [-0.15, -0.1) is 0 Å². The monoisotopic (exact) mass is 461 g/mol. The summed E-state index contributed by atoms with van der Waals surface area (Å²) in [6.07, 6.45) is 5.82. The van der Waals surface area contributed by atoms with Crippen LogP contribution in [0.5, 0.6) is 0 Å². The number of aromatic nitrogens is 5. The van der Waals surface area contributed by atoms with E-state index in [0.717, 1.165) is 39.6 Å². The quantitative estimate of drug-likeness (QED) is 0.318. The third-order valence-electron chi connectivity index (χ3n) is 6.14. The number of pyridine rings is 1.